The van der Waals surface area contributed by atoms with E-state index < -0.39 is 6.10 Å². The number of carbonyl (C=O) groups excluding carboxylic acids is 1. The third kappa shape index (κ3) is 10.9. The van der Waals surface area contributed by atoms with Gasteiger partial charge in [0.25, 0.3) is 0 Å². The minimum atomic E-state index is -0.767. The first-order valence-electron chi connectivity index (χ1n) is 11.1. The number of ether oxygens (including phenoxy) is 4. The standard InChI is InChI=1S/C23H38N2O6/c1-18(2)30-12-11-28-16-21(26)14-25(3)23(27)24-20-8-6-7-19(13-20)15-29-17-22-9-4-5-10-31-22/h6-8,13,18,21-22,26H,4-5,9-12,14-17H2,1-3H3,(H,24,27). The van der Waals surface area contributed by atoms with E-state index in [9.17, 15) is 9.90 Å². The highest BCUT2D eigenvalue weighted by molar-refractivity contribution is 5.89. The van der Waals surface area contributed by atoms with Gasteiger partial charge < -0.3 is 34.3 Å². The molecule has 31 heavy (non-hydrogen) atoms. The lowest BCUT2D eigenvalue weighted by Crippen LogP contribution is -2.39. The summed E-state index contributed by atoms with van der Waals surface area (Å²) in [4.78, 5) is 13.9. The zero-order valence-electron chi connectivity index (χ0n) is 19.0. The molecule has 1 aliphatic rings. The van der Waals surface area contributed by atoms with Crippen molar-refractivity contribution in [3.63, 3.8) is 0 Å². The Balaban J connectivity index is 1.67. The first kappa shape index (κ1) is 25.5. The van der Waals surface area contributed by atoms with Crippen molar-refractivity contribution in [1.82, 2.24) is 4.90 Å². The Hall–Kier alpha value is -1.71. The molecule has 1 saturated heterocycles. The molecule has 8 nitrogen and oxygen atoms in total. The number of benzene rings is 1. The number of aliphatic hydroxyl groups is 1. The third-order valence-corrected chi connectivity index (χ3v) is 4.85. The number of hydrogen-bond acceptors (Lipinski definition) is 6. The van der Waals surface area contributed by atoms with Crippen molar-refractivity contribution in [2.24, 2.45) is 0 Å². The van der Waals surface area contributed by atoms with E-state index in [-0.39, 0.29) is 31.4 Å². The second-order valence-electron chi connectivity index (χ2n) is 8.16. The maximum absolute atomic E-state index is 12.4. The van der Waals surface area contributed by atoms with E-state index in [0.29, 0.717) is 32.1 Å². The van der Waals surface area contributed by atoms with Gasteiger partial charge in [0.2, 0.25) is 0 Å². The monoisotopic (exact) mass is 438 g/mol. The molecule has 0 spiro atoms. The van der Waals surface area contributed by atoms with Crippen LogP contribution in [0.3, 0.4) is 0 Å². The van der Waals surface area contributed by atoms with Gasteiger partial charge in [0.15, 0.2) is 0 Å². The summed E-state index contributed by atoms with van der Waals surface area (Å²) < 4.78 is 22.2. The van der Waals surface area contributed by atoms with Crippen LogP contribution < -0.4 is 5.32 Å². The maximum Gasteiger partial charge on any atom is 0.321 e. The van der Waals surface area contributed by atoms with Gasteiger partial charge in [-0.3, -0.25) is 0 Å². The zero-order valence-corrected chi connectivity index (χ0v) is 19.0. The molecule has 0 aromatic heterocycles. The minimum absolute atomic E-state index is 0.149. The van der Waals surface area contributed by atoms with E-state index in [4.69, 9.17) is 18.9 Å². The highest BCUT2D eigenvalue weighted by Crippen LogP contribution is 2.15. The van der Waals surface area contributed by atoms with Crippen LogP contribution in [0.1, 0.15) is 38.7 Å². The molecular weight excluding hydrogens is 400 g/mol. The van der Waals surface area contributed by atoms with E-state index in [0.717, 1.165) is 25.0 Å². The first-order valence-corrected chi connectivity index (χ1v) is 11.1. The summed E-state index contributed by atoms with van der Waals surface area (Å²) >= 11 is 0. The molecule has 0 radical (unpaired) electrons. The number of nitrogens with zero attached hydrogens (tertiary/aromatic N) is 1. The molecule has 2 unspecified atom stereocenters. The SMILES string of the molecule is CC(C)OCCOCC(O)CN(C)C(=O)Nc1cccc(COCC2CCCCO2)c1. The molecule has 0 aliphatic carbocycles. The number of urea groups is 1. The summed E-state index contributed by atoms with van der Waals surface area (Å²) in [5.74, 6) is 0. The zero-order chi connectivity index (χ0) is 22.5. The summed E-state index contributed by atoms with van der Waals surface area (Å²) in [6, 6.07) is 7.27. The maximum atomic E-state index is 12.4. The molecule has 2 rings (SSSR count). The Kier molecular flexibility index (Phi) is 11.8. The van der Waals surface area contributed by atoms with Crippen molar-refractivity contribution in [3.05, 3.63) is 29.8 Å². The molecule has 1 fully saturated rings. The summed E-state index contributed by atoms with van der Waals surface area (Å²) in [6.07, 6.45) is 2.94. The van der Waals surface area contributed by atoms with Crippen molar-refractivity contribution in [2.75, 3.05) is 51.9 Å². The Morgan fingerprint density at radius 1 is 1.29 bits per heavy atom. The number of nitrogens with one attached hydrogen (secondary N) is 1. The molecular formula is C23H38N2O6. The van der Waals surface area contributed by atoms with Crippen molar-refractivity contribution < 1.29 is 28.8 Å². The molecule has 2 atom stereocenters. The fourth-order valence-corrected chi connectivity index (χ4v) is 3.22. The van der Waals surface area contributed by atoms with Crippen LogP contribution in [0.2, 0.25) is 0 Å². The van der Waals surface area contributed by atoms with Crippen molar-refractivity contribution >= 4 is 11.7 Å². The number of amides is 2. The summed E-state index contributed by atoms with van der Waals surface area (Å²) in [6.45, 7) is 6.99. The van der Waals surface area contributed by atoms with Gasteiger partial charge in [-0.2, -0.15) is 0 Å². The smallest absolute Gasteiger partial charge is 0.321 e. The Bertz CT molecular complexity index is 636. The molecule has 1 aliphatic heterocycles. The Morgan fingerprint density at radius 2 is 2.13 bits per heavy atom. The van der Waals surface area contributed by atoms with Gasteiger partial charge in [-0.05, 0) is 50.8 Å². The molecule has 1 aromatic carbocycles. The average molecular weight is 439 g/mol. The number of hydrogen-bond donors (Lipinski definition) is 2. The lowest BCUT2D eigenvalue weighted by atomic mass is 10.1. The fourth-order valence-electron chi connectivity index (χ4n) is 3.22. The summed E-state index contributed by atoms with van der Waals surface area (Å²) in [5.41, 5.74) is 1.66. The van der Waals surface area contributed by atoms with Crippen LogP contribution in [0.25, 0.3) is 0 Å². The topological polar surface area (TPSA) is 89.5 Å². The van der Waals surface area contributed by atoms with Gasteiger partial charge in [-0.15, -0.1) is 0 Å². The molecule has 176 valence electrons. The predicted molar refractivity (Wildman–Crippen MR) is 119 cm³/mol. The second kappa shape index (κ2) is 14.4. The highest BCUT2D eigenvalue weighted by Gasteiger charge is 2.15. The third-order valence-electron chi connectivity index (χ3n) is 4.85. The molecule has 2 amide bonds. The Labute approximate surface area is 185 Å². The molecule has 0 saturated carbocycles. The molecule has 1 heterocycles. The van der Waals surface area contributed by atoms with Crippen LogP contribution in [0.4, 0.5) is 10.5 Å². The molecule has 0 bridgehead atoms. The molecule has 2 N–H and O–H groups in total. The largest absolute Gasteiger partial charge is 0.389 e. The van der Waals surface area contributed by atoms with E-state index >= 15 is 0 Å². The number of aliphatic hydroxyl groups excluding tert-OH is 1. The molecule has 8 heteroatoms. The van der Waals surface area contributed by atoms with Crippen LogP contribution in [0.15, 0.2) is 24.3 Å². The van der Waals surface area contributed by atoms with Gasteiger partial charge in [-0.25, -0.2) is 4.79 Å². The van der Waals surface area contributed by atoms with Gasteiger partial charge in [0.05, 0.1) is 57.9 Å². The van der Waals surface area contributed by atoms with Crippen LogP contribution in [0.5, 0.6) is 0 Å². The second-order valence-corrected chi connectivity index (χ2v) is 8.16. The van der Waals surface area contributed by atoms with Gasteiger partial charge in [0.1, 0.15) is 0 Å². The number of carbonyl (C=O) groups is 1. The lowest BCUT2D eigenvalue weighted by molar-refractivity contribution is -0.0447. The average Bonchev–Trinajstić information content (AvgIpc) is 2.74. The first-order chi connectivity index (χ1) is 14.9. The van der Waals surface area contributed by atoms with Gasteiger partial charge in [0, 0.05) is 19.3 Å². The van der Waals surface area contributed by atoms with Crippen LogP contribution >= 0.6 is 0 Å². The van der Waals surface area contributed by atoms with Crippen molar-refractivity contribution in [2.45, 2.75) is 58.0 Å². The Morgan fingerprint density at radius 3 is 2.87 bits per heavy atom. The summed E-state index contributed by atoms with van der Waals surface area (Å²) in [5, 5.41) is 12.9. The normalized spacial score (nSPS) is 17.5. The van der Waals surface area contributed by atoms with Crippen molar-refractivity contribution in [1.29, 1.82) is 0 Å². The quantitative estimate of drug-likeness (QED) is 0.460. The number of rotatable bonds is 13. The van der Waals surface area contributed by atoms with E-state index in [1.54, 1.807) is 7.05 Å². The van der Waals surface area contributed by atoms with Gasteiger partial charge >= 0.3 is 6.03 Å². The predicted octanol–water partition coefficient (Wildman–Crippen LogP) is 3.04. The van der Waals surface area contributed by atoms with Gasteiger partial charge in [-0.1, -0.05) is 12.1 Å². The summed E-state index contributed by atoms with van der Waals surface area (Å²) in [7, 11) is 1.64. The lowest BCUT2D eigenvalue weighted by Gasteiger charge is -2.22. The van der Waals surface area contributed by atoms with E-state index in [1.165, 1.54) is 11.3 Å². The van der Waals surface area contributed by atoms with Crippen LogP contribution in [0, 0.1) is 0 Å². The number of anilines is 1. The number of likely N-dealkylation sites (N-methyl/N-ethyl adjacent to an activating group) is 1. The minimum Gasteiger partial charge on any atom is -0.389 e. The fraction of sp³-hybridized carbons (Fsp3) is 0.696. The highest BCUT2D eigenvalue weighted by atomic mass is 16.5. The van der Waals surface area contributed by atoms with E-state index in [1.807, 2.05) is 38.1 Å². The molecule has 1 aromatic rings. The van der Waals surface area contributed by atoms with Crippen LogP contribution in [-0.4, -0.2) is 81.0 Å². The van der Waals surface area contributed by atoms with Crippen molar-refractivity contribution in [3.8, 4) is 0 Å². The van der Waals surface area contributed by atoms with Crippen LogP contribution in [-0.2, 0) is 25.6 Å². The van der Waals surface area contributed by atoms with E-state index in [2.05, 4.69) is 5.32 Å².